The molecule has 3 aromatic carbocycles. The molecule has 0 radical (unpaired) electrons. The third kappa shape index (κ3) is 9.66. The van der Waals surface area contributed by atoms with Crippen LogP contribution in [0.3, 0.4) is 0 Å². The van der Waals surface area contributed by atoms with Crippen molar-refractivity contribution in [3.8, 4) is 45.3 Å². The molecule has 0 aliphatic carbocycles. The molecule has 376 valence electrons. The molecule has 2 saturated heterocycles. The van der Waals surface area contributed by atoms with Gasteiger partial charge in [0, 0.05) is 35.2 Å². The van der Waals surface area contributed by atoms with Crippen molar-refractivity contribution in [1.29, 1.82) is 0 Å². The normalized spacial score (nSPS) is 19.5. The van der Waals surface area contributed by atoms with Crippen molar-refractivity contribution in [2.45, 2.75) is 116 Å². The molecule has 5 N–H and O–H groups in total. The largest absolute Gasteiger partial charge is 0.491 e. The Morgan fingerprint density at radius 2 is 1.54 bits per heavy atom. The standard InChI is InChI=1S/C53H64FN9O8/c1-9-30(6)70-35-14-10-13-32(22-35)51-63-39-18-17-31(37-26-55-47(57-37)40-15-11-19-61(40)49(64)45(28(2)3)59-52(66)68-7)21-34(39)24-42(63)44-36(54)23-33(25-43(44)71-51)38-27-56-48(58-38)41-16-12-20-62(41)50(65)46(29(4)5)60-53(67)69-8/h10,13-14,17-18,21-30,40-41,45-46,50-51,65H,9,11-12,15-16,19-20H2,1-8H3,(H,55,57)(H,56,58)(H,59,66)(H,60,67). The number of amides is 3. The lowest BCUT2D eigenvalue weighted by Gasteiger charge is -2.35. The van der Waals surface area contributed by atoms with Gasteiger partial charge in [0.1, 0.15) is 41.2 Å². The molecule has 7 unspecified atom stereocenters. The number of hydrogen-bond acceptors (Lipinski definition) is 11. The van der Waals surface area contributed by atoms with Crippen molar-refractivity contribution in [1.82, 2.24) is 44.9 Å². The number of benzene rings is 3. The molecule has 9 rings (SSSR count). The van der Waals surface area contributed by atoms with Crippen LogP contribution in [0.25, 0.3) is 44.7 Å². The molecule has 0 spiro atoms. The minimum atomic E-state index is -1.00. The van der Waals surface area contributed by atoms with Gasteiger partial charge in [-0.05, 0) is 93.3 Å². The summed E-state index contributed by atoms with van der Waals surface area (Å²) in [4.78, 5) is 58.3. The van der Waals surface area contributed by atoms with Gasteiger partial charge in [0.2, 0.25) is 12.1 Å². The molecule has 0 saturated carbocycles. The Hall–Kier alpha value is -6.92. The van der Waals surface area contributed by atoms with E-state index in [-0.39, 0.29) is 35.9 Å². The lowest BCUT2D eigenvalue weighted by atomic mass is 10.0. The highest BCUT2D eigenvalue weighted by Gasteiger charge is 2.40. The van der Waals surface area contributed by atoms with Crippen molar-refractivity contribution in [2.75, 3.05) is 27.3 Å². The van der Waals surface area contributed by atoms with Crippen LogP contribution in [0.1, 0.15) is 109 Å². The SMILES string of the molecule is CCC(C)Oc1cccc(C2Oc3cc(-c4cnc(C5CCCN5C(O)C(NC(=O)OC)C(C)C)[nH]4)cc(F)c3-c3cc4cc(-c5cnc(C6CCCN6C(=O)C(NC(=O)OC)C(C)C)[nH]5)ccc4n32)c1. The Labute approximate surface area is 412 Å². The van der Waals surface area contributed by atoms with Crippen molar-refractivity contribution < 1.29 is 42.8 Å². The molecule has 3 aliphatic heterocycles. The zero-order valence-electron chi connectivity index (χ0n) is 41.5. The van der Waals surface area contributed by atoms with Gasteiger partial charge in [-0.25, -0.2) is 23.9 Å². The molecular formula is C53H64FN9O8. The van der Waals surface area contributed by atoms with E-state index < -0.39 is 42.5 Å². The molecule has 0 bridgehead atoms. The maximum atomic E-state index is 17.0. The summed E-state index contributed by atoms with van der Waals surface area (Å²) in [6.45, 7) is 12.9. The summed E-state index contributed by atoms with van der Waals surface area (Å²) >= 11 is 0. The van der Waals surface area contributed by atoms with E-state index in [2.05, 4.69) is 27.5 Å². The first-order chi connectivity index (χ1) is 34.2. The van der Waals surface area contributed by atoms with E-state index >= 15 is 4.39 Å². The first kappa shape index (κ1) is 49.1. The molecular weight excluding hydrogens is 910 g/mol. The number of fused-ring (bicyclic) bond motifs is 5. The van der Waals surface area contributed by atoms with Crippen LogP contribution in [0.15, 0.2) is 73.1 Å². The fourth-order valence-corrected chi connectivity index (χ4v) is 10.3. The molecule has 18 heteroatoms. The van der Waals surface area contributed by atoms with Crippen LogP contribution >= 0.6 is 0 Å². The molecule has 71 heavy (non-hydrogen) atoms. The third-order valence-electron chi connectivity index (χ3n) is 14.2. The summed E-state index contributed by atoms with van der Waals surface area (Å²) in [7, 11) is 2.57. The number of rotatable bonds is 15. The number of alkyl carbamates (subject to hydrolysis) is 2. The Bertz CT molecular complexity index is 2910. The summed E-state index contributed by atoms with van der Waals surface area (Å²) in [6.07, 6.45) is 4.32. The van der Waals surface area contributed by atoms with Crippen LogP contribution in [0, 0.1) is 17.7 Å². The highest BCUT2D eigenvalue weighted by molar-refractivity contribution is 5.93. The molecule has 3 aromatic heterocycles. The van der Waals surface area contributed by atoms with Gasteiger partial charge in [-0.3, -0.25) is 9.69 Å². The fourth-order valence-electron chi connectivity index (χ4n) is 10.3. The number of aromatic amines is 2. The van der Waals surface area contributed by atoms with E-state index in [9.17, 15) is 19.5 Å². The van der Waals surface area contributed by atoms with Crippen molar-refractivity contribution in [2.24, 2.45) is 11.8 Å². The van der Waals surface area contributed by atoms with Gasteiger partial charge in [0.25, 0.3) is 0 Å². The van der Waals surface area contributed by atoms with Crippen LogP contribution in [0.5, 0.6) is 11.5 Å². The highest BCUT2D eigenvalue weighted by Crippen LogP contribution is 2.48. The number of aliphatic hydroxyl groups excluding tert-OH is 1. The first-order valence-electron chi connectivity index (χ1n) is 24.6. The third-order valence-corrected chi connectivity index (χ3v) is 14.2. The second kappa shape index (κ2) is 20.4. The second-order valence-electron chi connectivity index (χ2n) is 19.5. The Morgan fingerprint density at radius 3 is 2.24 bits per heavy atom. The number of aliphatic hydroxyl groups is 1. The lowest BCUT2D eigenvalue weighted by Crippen LogP contribution is -2.54. The summed E-state index contributed by atoms with van der Waals surface area (Å²) in [5.41, 5.74) is 5.30. The fraction of sp³-hybridized carbons (Fsp3) is 0.453. The minimum Gasteiger partial charge on any atom is -0.491 e. The summed E-state index contributed by atoms with van der Waals surface area (Å²) in [5, 5.41) is 17.9. The van der Waals surface area contributed by atoms with Gasteiger partial charge < -0.3 is 54.1 Å². The number of halogens is 1. The van der Waals surface area contributed by atoms with E-state index in [1.807, 2.05) is 98.7 Å². The number of carbonyl (C=O) groups is 3. The van der Waals surface area contributed by atoms with Crippen molar-refractivity contribution in [3.05, 3.63) is 96.1 Å². The predicted octanol–water partition coefficient (Wildman–Crippen LogP) is 9.22. The molecule has 2 fully saturated rings. The quantitative estimate of drug-likeness (QED) is 0.0657. The maximum absolute atomic E-state index is 17.0. The Morgan fingerprint density at radius 1 is 0.845 bits per heavy atom. The highest BCUT2D eigenvalue weighted by atomic mass is 19.1. The molecule has 6 heterocycles. The van der Waals surface area contributed by atoms with Crippen LogP contribution in [0.4, 0.5) is 14.0 Å². The average Bonchev–Trinajstić information content (AvgIpc) is 4.23. The van der Waals surface area contributed by atoms with E-state index in [4.69, 9.17) is 28.9 Å². The van der Waals surface area contributed by atoms with Crippen LogP contribution in [0.2, 0.25) is 0 Å². The summed E-state index contributed by atoms with van der Waals surface area (Å²) < 4.78 is 41.9. The number of imidazole rings is 2. The summed E-state index contributed by atoms with van der Waals surface area (Å²) in [6, 6.07) is 17.2. The molecule has 17 nitrogen and oxygen atoms in total. The second-order valence-corrected chi connectivity index (χ2v) is 19.5. The van der Waals surface area contributed by atoms with E-state index in [0.717, 1.165) is 53.4 Å². The van der Waals surface area contributed by atoms with Crippen molar-refractivity contribution in [3.63, 3.8) is 0 Å². The number of nitrogens with zero attached hydrogens (tertiary/aromatic N) is 5. The number of hydrogen-bond donors (Lipinski definition) is 5. The first-order valence-corrected chi connectivity index (χ1v) is 24.6. The van der Waals surface area contributed by atoms with Gasteiger partial charge >= 0.3 is 12.2 Å². The topological polar surface area (TPSA) is 201 Å². The predicted molar refractivity (Wildman–Crippen MR) is 265 cm³/mol. The van der Waals surface area contributed by atoms with Crippen LogP contribution < -0.4 is 20.1 Å². The van der Waals surface area contributed by atoms with Crippen LogP contribution in [-0.4, -0.2) is 109 Å². The van der Waals surface area contributed by atoms with Gasteiger partial charge in [0.05, 0.1) is 79.0 Å². The van der Waals surface area contributed by atoms with E-state index in [0.29, 0.717) is 65.2 Å². The number of likely N-dealkylation sites (tertiary alicyclic amines) is 2. The number of H-pyrrole nitrogens is 2. The lowest BCUT2D eigenvalue weighted by molar-refractivity contribution is -0.135. The summed E-state index contributed by atoms with van der Waals surface area (Å²) in [5.74, 6) is 1.41. The van der Waals surface area contributed by atoms with E-state index in [1.54, 1.807) is 17.3 Å². The van der Waals surface area contributed by atoms with Crippen LogP contribution in [-0.2, 0) is 14.3 Å². The number of aromatic nitrogens is 5. The Kier molecular flexibility index (Phi) is 14.1. The minimum absolute atomic E-state index is 0.0101. The monoisotopic (exact) mass is 973 g/mol. The number of nitrogens with one attached hydrogen (secondary N) is 4. The van der Waals surface area contributed by atoms with Gasteiger partial charge in [-0.2, -0.15) is 0 Å². The maximum Gasteiger partial charge on any atom is 0.407 e. The zero-order valence-corrected chi connectivity index (χ0v) is 41.5. The average molecular weight is 974 g/mol. The smallest absolute Gasteiger partial charge is 0.407 e. The molecule has 3 aliphatic rings. The zero-order chi connectivity index (χ0) is 50.2. The van der Waals surface area contributed by atoms with Gasteiger partial charge in [-0.1, -0.05) is 52.8 Å². The molecule has 6 aromatic rings. The number of carbonyl (C=O) groups excluding carboxylic acids is 3. The number of ether oxygens (including phenoxy) is 4. The molecule has 7 atom stereocenters. The van der Waals surface area contributed by atoms with E-state index in [1.165, 1.54) is 20.3 Å². The number of methoxy groups -OCH3 is 2. The Balaban J connectivity index is 1.05. The van der Waals surface area contributed by atoms with Gasteiger partial charge in [-0.15, -0.1) is 0 Å². The van der Waals surface area contributed by atoms with Gasteiger partial charge in [0.15, 0.2) is 0 Å². The molecule has 3 amide bonds. The van der Waals surface area contributed by atoms with Crippen molar-refractivity contribution >= 4 is 29.0 Å².